The minimum atomic E-state index is 0.209. The van der Waals surface area contributed by atoms with E-state index in [0.29, 0.717) is 0 Å². The lowest BCUT2D eigenvalue weighted by Gasteiger charge is -2.11. The van der Waals surface area contributed by atoms with Gasteiger partial charge in [-0.2, -0.15) is 0 Å². The van der Waals surface area contributed by atoms with Gasteiger partial charge in [0.2, 0.25) is 0 Å². The summed E-state index contributed by atoms with van der Waals surface area (Å²) in [5.41, 5.74) is 3.83. The molecule has 0 aliphatic carbocycles. The normalized spacial score (nSPS) is 15.3. The number of rotatable bonds is 2. The molecule has 0 spiro atoms. The summed E-state index contributed by atoms with van der Waals surface area (Å²) in [7, 11) is 0. The van der Waals surface area contributed by atoms with Crippen LogP contribution >= 0.6 is 59.1 Å². The zero-order valence-corrected chi connectivity index (χ0v) is 14.8. The Labute approximate surface area is 135 Å². The highest BCUT2D eigenvalue weighted by Crippen LogP contribution is 2.42. The molecule has 1 atom stereocenters. The van der Waals surface area contributed by atoms with Crippen LogP contribution in [0, 0.1) is 0 Å². The van der Waals surface area contributed by atoms with Crippen LogP contribution in [0.1, 0.15) is 21.5 Å². The molecule has 1 aliphatic heterocycles. The Morgan fingerprint density at radius 2 is 2.06 bits per heavy atom. The van der Waals surface area contributed by atoms with Crippen LogP contribution < -0.4 is 4.74 Å². The molecule has 1 aromatic carbocycles. The third-order valence-corrected chi connectivity index (χ3v) is 6.37. The van der Waals surface area contributed by atoms with E-state index in [2.05, 4.69) is 72.1 Å². The van der Waals surface area contributed by atoms with Crippen LogP contribution in [0.4, 0.5) is 0 Å². The van der Waals surface area contributed by atoms with Crippen molar-refractivity contribution in [3.05, 3.63) is 48.5 Å². The molecule has 0 bridgehead atoms. The average molecular weight is 453 g/mol. The average Bonchev–Trinajstić information content (AvgIpc) is 2.93. The highest BCUT2D eigenvalue weighted by Gasteiger charge is 2.19. The Hall–Kier alpha value is 0.160. The molecule has 0 N–H and O–H groups in total. The van der Waals surface area contributed by atoms with Gasteiger partial charge in [-0.3, -0.25) is 0 Å². The predicted octanol–water partition coefficient (Wildman–Crippen LogP) is 5.69. The maximum Gasteiger partial charge on any atom is 0.122 e. The van der Waals surface area contributed by atoms with Crippen LogP contribution in [-0.4, -0.2) is 6.61 Å². The largest absolute Gasteiger partial charge is 0.493 e. The van der Waals surface area contributed by atoms with Gasteiger partial charge in [-0.25, -0.2) is 0 Å². The van der Waals surface area contributed by atoms with E-state index in [-0.39, 0.29) is 4.83 Å². The van der Waals surface area contributed by atoms with Gasteiger partial charge < -0.3 is 4.74 Å². The Kier molecular flexibility index (Phi) is 3.85. The van der Waals surface area contributed by atoms with E-state index in [4.69, 9.17) is 4.74 Å². The summed E-state index contributed by atoms with van der Waals surface area (Å²) in [6, 6.07) is 8.58. The molecule has 94 valence electrons. The first kappa shape index (κ1) is 13.2. The van der Waals surface area contributed by atoms with Crippen LogP contribution in [0.15, 0.2) is 31.8 Å². The van der Waals surface area contributed by atoms with Crippen molar-refractivity contribution in [2.75, 3.05) is 6.61 Å². The topological polar surface area (TPSA) is 9.23 Å². The van der Waals surface area contributed by atoms with E-state index < -0.39 is 0 Å². The Balaban J connectivity index is 1.97. The quantitative estimate of drug-likeness (QED) is 0.532. The molecule has 1 nitrogen and oxygen atoms in total. The van der Waals surface area contributed by atoms with Gasteiger partial charge >= 0.3 is 0 Å². The van der Waals surface area contributed by atoms with Crippen molar-refractivity contribution in [3.63, 3.8) is 0 Å². The van der Waals surface area contributed by atoms with Gasteiger partial charge in [0.25, 0.3) is 0 Å². The van der Waals surface area contributed by atoms with E-state index >= 15 is 0 Å². The number of fused-ring (bicyclic) bond motifs is 1. The summed E-state index contributed by atoms with van der Waals surface area (Å²) in [5.74, 6) is 1.03. The second kappa shape index (κ2) is 5.27. The van der Waals surface area contributed by atoms with E-state index in [9.17, 15) is 0 Å². The van der Waals surface area contributed by atoms with E-state index in [0.717, 1.165) is 26.4 Å². The van der Waals surface area contributed by atoms with Crippen LogP contribution in [0.5, 0.6) is 5.75 Å². The third kappa shape index (κ3) is 2.42. The first-order valence-corrected chi connectivity index (χ1v) is 8.81. The predicted molar refractivity (Wildman–Crippen MR) is 86.1 cm³/mol. The van der Waals surface area contributed by atoms with Crippen LogP contribution in [-0.2, 0) is 6.42 Å². The van der Waals surface area contributed by atoms with Crippen LogP contribution in [0.2, 0.25) is 0 Å². The lowest BCUT2D eigenvalue weighted by molar-refractivity contribution is 0.357. The zero-order chi connectivity index (χ0) is 12.7. The van der Waals surface area contributed by atoms with Gasteiger partial charge in [-0.05, 0) is 60.7 Å². The van der Waals surface area contributed by atoms with Crippen LogP contribution in [0.25, 0.3) is 0 Å². The molecule has 3 rings (SSSR count). The molecule has 1 unspecified atom stereocenters. The van der Waals surface area contributed by atoms with Crippen molar-refractivity contribution in [2.24, 2.45) is 0 Å². The maximum absolute atomic E-state index is 5.54. The molecule has 5 heteroatoms. The summed E-state index contributed by atoms with van der Waals surface area (Å²) in [6.45, 7) is 0.805. The second-order valence-electron chi connectivity index (χ2n) is 4.11. The smallest absolute Gasteiger partial charge is 0.122 e. The zero-order valence-electron chi connectivity index (χ0n) is 9.25. The van der Waals surface area contributed by atoms with Gasteiger partial charge in [0.1, 0.15) is 5.75 Å². The summed E-state index contributed by atoms with van der Waals surface area (Å²) >= 11 is 12.6. The van der Waals surface area contributed by atoms with Gasteiger partial charge in [0.05, 0.1) is 19.0 Å². The Morgan fingerprint density at radius 3 is 2.78 bits per heavy atom. The van der Waals surface area contributed by atoms with E-state index in [1.165, 1.54) is 16.7 Å². The Morgan fingerprint density at radius 1 is 1.22 bits per heavy atom. The molecule has 0 radical (unpaired) electrons. The summed E-state index contributed by atoms with van der Waals surface area (Å²) < 4.78 is 7.83. The van der Waals surface area contributed by atoms with Crippen LogP contribution in [0.3, 0.4) is 0 Å². The number of hydrogen-bond donors (Lipinski definition) is 0. The first-order valence-electron chi connectivity index (χ1n) is 5.49. The number of thiophene rings is 1. The first-order chi connectivity index (χ1) is 8.65. The summed E-state index contributed by atoms with van der Waals surface area (Å²) in [6.07, 6.45) is 1.01. The number of ether oxygens (including phenoxy) is 1. The highest BCUT2D eigenvalue weighted by molar-refractivity contribution is 9.12. The minimum absolute atomic E-state index is 0.209. The number of benzene rings is 1. The van der Waals surface area contributed by atoms with Gasteiger partial charge in [0, 0.05) is 6.42 Å². The van der Waals surface area contributed by atoms with Crippen molar-refractivity contribution >= 4 is 59.1 Å². The molecule has 2 aromatic rings. The monoisotopic (exact) mass is 450 g/mol. The van der Waals surface area contributed by atoms with Crippen molar-refractivity contribution in [1.82, 2.24) is 0 Å². The van der Waals surface area contributed by atoms with Crippen molar-refractivity contribution in [2.45, 2.75) is 11.2 Å². The third-order valence-electron chi connectivity index (χ3n) is 2.96. The molecular weight excluding hydrogens is 444 g/mol. The molecule has 1 aliphatic rings. The molecule has 1 aromatic heterocycles. The summed E-state index contributed by atoms with van der Waals surface area (Å²) in [5, 5.41) is 0. The molecule has 0 saturated carbocycles. The maximum atomic E-state index is 5.54. The fraction of sp³-hybridized carbons (Fsp3) is 0.231. The molecular formula is C13H9Br3OS. The molecule has 2 heterocycles. The highest BCUT2D eigenvalue weighted by atomic mass is 79.9. The van der Waals surface area contributed by atoms with Crippen molar-refractivity contribution in [3.8, 4) is 5.75 Å². The minimum Gasteiger partial charge on any atom is -0.493 e. The van der Waals surface area contributed by atoms with Gasteiger partial charge in [0.15, 0.2) is 0 Å². The van der Waals surface area contributed by atoms with Crippen molar-refractivity contribution < 1.29 is 4.74 Å². The van der Waals surface area contributed by atoms with Gasteiger partial charge in [-0.15, -0.1) is 11.3 Å². The van der Waals surface area contributed by atoms with Gasteiger partial charge in [-0.1, -0.05) is 28.1 Å². The number of hydrogen-bond acceptors (Lipinski definition) is 2. The Bertz CT molecular complexity index is 594. The standard InChI is InChI=1S/C13H9Br3OS/c14-11-6-9(13(16)18-11)12(15)8-1-2-10-7(5-8)3-4-17-10/h1-2,5-6,12H,3-4H2. The second-order valence-corrected chi connectivity index (χ2v) is 8.77. The lowest BCUT2D eigenvalue weighted by Crippen LogP contribution is -1.92. The van der Waals surface area contributed by atoms with E-state index in [1.807, 2.05) is 0 Å². The number of halogens is 3. The van der Waals surface area contributed by atoms with E-state index in [1.54, 1.807) is 11.3 Å². The van der Waals surface area contributed by atoms with Crippen molar-refractivity contribution in [1.29, 1.82) is 0 Å². The lowest BCUT2D eigenvalue weighted by atomic mass is 10.0. The number of alkyl halides is 1. The summed E-state index contributed by atoms with van der Waals surface area (Å²) in [4.78, 5) is 0.209. The molecule has 0 amide bonds. The molecule has 0 saturated heterocycles. The fourth-order valence-corrected chi connectivity index (χ4v) is 6.08. The SMILES string of the molecule is Brc1cc(C(Br)c2ccc3c(c2)CCO3)c(Br)s1. The molecule has 0 fully saturated rings. The molecule has 18 heavy (non-hydrogen) atoms. The fourth-order valence-electron chi connectivity index (χ4n) is 2.07.